The van der Waals surface area contributed by atoms with Gasteiger partial charge in [-0.25, -0.2) is 8.42 Å². The van der Waals surface area contributed by atoms with Gasteiger partial charge in [-0.3, -0.25) is 10.1 Å². The van der Waals surface area contributed by atoms with Gasteiger partial charge in [-0.15, -0.1) is 11.8 Å². The van der Waals surface area contributed by atoms with Gasteiger partial charge in [-0.2, -0.15) is 0 Å². The van der Waals surface area contributed by atoms with Crippen LogP contribution in [0.15, 0.2) is 46.2 Å². The Bertz CT molecular complexity index is 883. The van der Waals surface area contributed by atoms with E-state index in [-0.39, 0.29) is 9.79 Å². The molecule has 0 aliphatic heterocycles. The summed E-state index contributed by atoms with van der Waals surface area (Å²) in [7, 11) is -2.18. The number of nitro benzene ring substituents is 1. The largest absolute Gasteiger partial charge is 0.495 e. The summed E-state index contributed by atoms with van der Waals surface area (Å²) in [5, 5.41) is 11.8. The van der Waals surface area contributed by atoms with Crippen LogP contribution >= 0.6 is 23.4 Å². The van der Waals surface area contributed by atoms with Crippen LogP contribution in [-0.2, 0) is 15.6 Å². The number of hydrogen-bond acceptors (Lipinski definition) is 6. The summed E-state index contributed by atoms with van der Waals surface area (Å²) in [6, 6.07) is 9.47. The van der Waals surface area contributed by atoms with E-state index in [1.807, 2.05) is 0 Å². The molecule has 0 aliphatic carbocycles. The van der Waals surface area contributed by atoms with E-state index in [0.717, 1.165) is 11.8 Å². The van der Waals surface area contributed by atoms with Crippen LogP contribution in [0, 0.1) is 10.1 Å². The highest BCUT2D eigenvalue weighted by atomic mass is 35.5. The zero-order chi connectivity index (χ0) is 17.9. The van der Waals surface area contributed by atoms with Crippen LogP contribution in [0.25, 0.3) is 0 Å². The van der Waals surface area contributed by atoms with E-state index >= 15 is 0 Å². The Morgan fingerprint density at radius 1 is 1.29 bits per heavy atom. The smallest absolute Gasteiger partial charge is 0.301 e. The molecule has 0 bridgehead atoms. The predicted octanol–water partition coefficient (Wildman–Crippen LogP) is 3.95. The maximum Gasteiger partial charge on any atom is 0.301 e. The summed E-state index contributed by atoms with van der Waals surface area (Å²) >= 11 is 7.23. The van der Waals surface area contributed by atoms with Gasteiger partial charge in [0.15, 0.2) is 9.84 Å². The fourth-order valence-corrected chi connectivity index (χ4v) is 4.26. The molecule has 2 aromatic carbocycles. The fourth-order valence-electron chi connectivity index (χ4n) is 2.06. The first kappa shape index (κ1) is 18.6. The van der Waals surface area contributed by atoms with E-state index in [4.69, 9.17) is 16.3 Å². The number of hydrogen-bond donors (Lipinski definition) is 0. The van der Waals surface area contributed by atoms with E-state index < -0.39 is 20.4 Å². The molecule has 0 atom stereocenters. The van der Waals surface area contributed by atoms with E-state index in [2.05, 4.69) is 0 Å². The number of halogens is 1. The average molecular weight is 388 g/mol. The monoisotopic (exact) mass is 387 g/mol. The summed E-state index contributed by atoms with van der Waals surface area (Å²) in [6.45, 7) is 0. The third-order valence-electron chi connectivity index (χ3n) is 3.15. The molecule has 24 heavy (non-hydrogen) atoms. The Hall–Kier alpha value is -1.77. The Morgan fingerprint density at radius 2 is 2.00 bits per heavy atom. The molecule has 0 amide bonds. The van der Waals surface area contributed by atoms with Crippen LogP contribution in [-0.4, -0.2) is 26.7 Å². The minimum absolute atomic E-state index is 0.287. The lowest BCUT2D eigenvalue weighted by Crippen LogP contribution is -2.03. The molecule has 0 saturated carbocycles. The Kier molecular flexibility index (Phi) is 5.74. The Labute approximate surface area is 148 Å². The molecule has 2 rings (SSSR count). The third-order valence-corrected chi connectivity index (χ3v) is 5.70. The lowest BCUT2D eigenvalue weighted by molar-refractivity contribution is -0.390. The van der Waals surface area contributed by atoms with Gasteiger partial charge in [0.25, 0.3) is 0 Å². The van der Waals surface area contributed by atoms with E-state index in [1.54, 1.807) is 18.2 Å². The summed E-state index contributed by atoms with van der Waals surface area (Å²) in [6.07, 6.45) is 0.951. The van der Waals surface area contributed by atoms with Gasteiger partial charge < -0.3 is 4.74 Å². The molecular weight excluding hydrogens is 374 g/mol. The highest BCUT2D eigenvalue weighted by Gasteiger charge is 2.26. The number of rotatable bonds is 6. The van der Waals surface area contributed by atoms with Crippen molar-refractivity contribution in [2.24, 2.45) is 0 Å². The van der Waals surface area contributed by atoms with Crippen molar-refractivity contribution in [3.05, 3.63) is 57.1 Å². The lowest BCUT2D eigenvalue weighted by Gasteiger charge is -2.08. The molecule has 9 heteroatoms. The molecule has 0 spiro atoms. The van der Waals surface area contributed by atoms with Gasteiger partial charge in [0.1, 0.15) is 10.6 Å². The van der Waals surface area contributed by atoms with E-state index in [0.29, 0.717) is 16.5 Å². The van der Waals surface area contributed by atoms with Gasteiger partial charge in [-0.05, 0) is 29.8 Å². The molecular formula is C15H14ClNO5S2. The fraction of sp³-hybridized carbons (Fsp3) is 0.200. The number of nitrogens with zero attached hydrogens (tertiary/aromatic N) is 1. The molecule has 0 aliphatic rings. The minimum Gasteiger partial charge on any atom is -0.495 e. The number of sulfone groups is 1. The Morgan fingerprint density at radius 3 is 2.54 bits per heavy atom. The highest BCUT2D eigenvalue weighted by molar-refractivity contribution is 7.98. The molecule has 128 valence electrons. The van der Waals surface area contributed by atoms with Crippen molar-refractivity contribution < 1.29 is 18.1 Å². The van der Waals surface area contributed by atoms with Crippen LogP contribution in [0.4, 0.5) is 5.69 Å². The molecule has 2 aromatic rings. The Balaban J connectivity index is 2.33. The first-order valence-electron chi connectivity index (χ1n) is 6.66. The van der Waals surface area contributed by atoms with Crippen molar-refractivity contribution in [2.75, 3.05) is 13.4 Å². The summed E-state index contributed by atoms with van der Waals surface area (Å²) in [4.78, 5) is 10.7. The van der Waals surface area contributed by atoms with Gasteiger partial charge in [-0.1, -0.05) is 23.7 Å². The van der Waals surface area contributed by atoms with Crippen LogP contribution in [0.5, 0.6) is 5.75 Å². The van der Waals surface area contributed by atoms with Crippen LogP contribution in [0.2, 0.25) is 5.02 Å². The maximum absolute atomic E-state index is 11.8. The van der Waals surface area contributed by atoms with E-state index in [1.165, 1.54) is 37.1 Å². The van der Waals surface area contributed by atoms with Crippen molar-refractivity contribution in [3.63, 3.8) is 0 Å². The summed E-state index contributed by atoms with van der Waals surface area (Å²) in [5.74, 6) is 0.938. The molecule has 0 radical (unpaired) electrons. The molecule has 0 aromatic heterocycles. The number of nitro groups is 1. The second kappa shape index (κ2) is 7.42. The van der Waals surface area contributed by atoms with Crippen LogP contribution in [0.3, 0.4) is 0 Å². The van der Waals surface area contributed by atoms with Crippen molar-refractivity contribution in [1.29, 1.82) is 0 Å². The molecule has 0 heterocycles. The SMILES string of the molecule is COc1ccc(CSc2cccc(S(C)(=O)=O)c2[N+](=O)[O-])cc1Cl. The average Bonchev–Trinajstić information content (AvgIpc) is 2.51. The first-order chi connectivity index (χ1) is 11.2. The summed E-state index contributed by atoms with van der Waals surface area (Å²) < 4.78 is 28.6. The zero-order valence-corrected chi connectivity index (χ0v) is 15.2. The molecule has 6 nitrogen and oxygen atoms in total. The maximum atomic E-state index is 11.8. The van der Waals surface area contributed by atoms with Gasteiger partial charge in [0, 0.05) is 12.0 Å². The second-order valence-corrected chi connectivity index (χ2v) is 8.30. The third kappa shape index (κ3) is 4.19. The van der Waals surface area contributed by atoms with E-state index in [9.17, 15) is 18.5 Å². The van der Waals surface area contributed by atoms with Crippen molar-refractivity contribution in [3.8, 4) is 5.75 Å². The van der Waals surface area contributed by atoms with Crippen molar-refractivity contribution in [1.82, 2.24) is 0 Å². The standard InChI is InChI=1S/C15H14ClNO5S2/c1-22-12-7-6-10(8-11(12)16)9-23-13-4-3-5-14(24(2,20)21)15(13)17(18)19/h3-8H,9H2,1-2H3. The number of methoxy groups -OCH3 is 1. The highest BCUT2D eigenvalue weighted by Crippen LogP contribution is 2.37. The predicted molar refractivity (Wildman–Crippen MR) is 93.8 cm³/mol. The number of thioether (sulfide) groups is 1. The van der Waals surface area contributed by atoms with Crippen molar-refractivity contribution in [2.45, 2.75) is 15.5 Å². The zero-order valence-electron chi connectivity index (χ0n) is 12.9. The van der Waals surface area contributed by atoms with Gasteiger partial charge >= 0.3 is 5.69 Å². The molecule has 0 saturated heterocycles. The molecule has 0 unspecified atom stereocenters. The first-order valence-corrected chi connectivity index (χ1v) is 9.92. The number of benzene rings is 2. The normalized spacial score (nSPS) is 11.3. The number of para-hydroxylation sites is 1. The number of ether oxygens (including phenoxy) is 1. The second-order valence-electron chi connectivity index (χ2n) is 4.89. The lowest BCUT2D eigenvalue weighted by atomic mass is 10.2. The minimum atomic E-state index is -3.69. The topological polar surface area (TPSA) is 86.5 Å². The van der Waals surface area contributed by atoms with Crippen LogP contribution < -0.4 is 4.74 Å². The van der Waals surface area contributed by atoms with Gasteiger partial charge in [0.05, 0.1) is 22.0 Å². The van der Waals surface area contributed by atoms with Gasteiger partial charge in [0.2, 0.25) is 0 Å². The quantitative estimate of drug-likeness (QED) is 0.423. The molecule has 0 fully saturated rings. The molecule has 0 N–H and O–H groups in total. The van der Waals surface area contributed by atoms with Crippen molar-refractivity contribution >= 4 is 38.9 Å². The summed E-state index contributed by atoms with van der Waals surface area (Å²) in [5.41, 5.74) is 0.439. The van der Waals surface area contributed by atoms with Crippen LogP contribution in [0.1, 0.15) is 5.56 Å².